The number of methoxy groups -OCH3 is 1. The molecule has 0 atom stereocenters. The molecule has 0 aliphatic rings. The largest absolute Gasteiger partial charge is 0.394 e. The summed E-state index contributed by atoms with van der Waals surface area (Å²) in [5.41, 5.74) is 0. The highest BCUT2D eigenvalue weighted by molar-refractivity contribution is 6.67. The first-order valence-electron chi connectivity index (χ1n) is 13.0. The van der Waals surface area contributed by atoms with Gasteiger partial charge in [-0.2, -0.15) is 0 Å². The van der Waals surface area contributed by atoms with E-state index in [0.29, 0.717) is 13.2 Å². The fourth-order valence-corrected chi connectivity index (χ4v) is 6.29. The Bertz CT molecular complexity index is 308. The Labute approximate surface area is 184 Å². The van der Waals surface area contributed by atoms with E-state index in [2.05, 4.69) is 20.8 Å². The van der Waals surface area contributed by atoms with Gasteiger partial charge >= 0.3 is 8.56 Å². The second-order valence-corrected chi connectivity index (χ2v) is 12.4. The Kier molecular flexibility index (Phi) is 22.9. The summed E-state index contributed by atoms with van der Waals surface area (Å²) in [6, 6.07) is 2.07. The van der Waals surface area contributed by atoms with Crippen molar-refractivity contribution in [2.24, 2.45) is 0 Å². The minimum absolute atomic E-state index is 0.664. The number of ether oxygens (including phenoxy) is 1. The van der Waals surface area contributed by atoms with E-state index < -0.39 is 8.56 Å². The summed E-state index contributed by atoms with van der Waals surface area (Å²) in [6.07, 6.45) is 22.5. The lowest BCUT2D eigenvalue weighted by atomic mass is 10.0. The third kappa shape index (κ3) is 18.6. The topological polar surface area (TPSA) is 27.7 Å². The van der Waals surface area contributed by atoms with Gasteiger partial charge in [0, 0.05) is 13.7 Å². The summed E-state index contributed by atoms with van der Waals surface area (Å²) in [5, 5.41) is 0. The molecule has 0 spiro atoms. The van der Waals surface area contributed by atoms with E-state index in [4.69, 9.17) is 13.6 Å². The monoisotopic (exact) mass is 430 g/mol. The van der Waals surface area contributed by atoms with Gasteiger partial charge in [0.25, 0.3) is 0 Å². The summed E-state index contributed by atoms with van der Waals surface area (Å²) in [6.45, 7) is 8.91. The van der Waals surface area contributed by atoms with Gasteiger partial charge in [-0.05, 0) is 18.5 Å². The van der Waals surface area contributed by atoms with Gasteiger partial charge in [-0.3, -0.25) is 0 Å². The minimum Gasteiger partial charge on any atom is -0.394 e. The van der Waals surface area contributed by atoms with Gasteiger partial charge in [-0.15, -0.1) is 0 Å². The Morgan fingerprint density at radius 2 is 0.828 bits per heavy atom. The lowest BCUT2D eigenvalue weighted by Gasteiger charge is -2.28. The summed E-state index contributed by atoms with van der Waals surface area (Å²) < 4.78 is 17.5. The molecule has 0 N–H and O–H groups in total. The Balaban J connectivity index is 3.37. The van der Waals surface area contributed by atoms with E-state index in [1.807, 2.05) is 0 Å². The zero-order valence-corrected chi connectivity index (χ0v) is 21.6. The molecular formula is C25H54O3Si. The maximum Gasteiger partial charge on any atom is 0.337 e. The zero-order chi connectivity index (χ0) is 21.5. The molecule has 0 aromatic heterocycles. The van der Waals surface area contributed by atoms with Crippen molar-refractivity contribution in [3.8, 4) is 0 Å². The van der Waals surface area contributed by atoms with Gasteiger partial charge in [0.05, 0.1) is 13.2 Å². The summed E-state index contributed by atoms with van der Waals surface area (Å²) in [7, 11) is -0.246. The first-order valence-corrected chi connectivity index (χ1v) is 15.2. The number of hydrogen-bond donors (Lipinski definition) is 0. The second kappa shape index (κ2) is 22.8. The summed E-state index contributed by atoms with van der Waals surface area (Å²) >= 11 is 0. The highest BCUT2D eigenvalue weighted by Gasteiger charge is 2.33. The standard InChI is InChI=1S/C25H54O3Si/c1-5-8-9-10-11-12-13-14-15-16-17-18-19-20-21-22-23-27-29(6-2,7-3)28-25-24-26-4/h5-25H2,1-4H3. The van der Waals surface area contributed by atoms with Crippen LogP contribution in [0.25, 0.3) is 0 Å². The molecule has 0 aliphatic heterocycles. The van der Waals surface area contributed by atoms with Gasteiger partial charge in [0.1, 0.15) is 0 Å². The molecule has 0 aromatic rings. The van der Waals surface area contributed by atoms with Crippen molar-refractivity contribution in [1.82, 2.24) is 0 Å². The normalized spacial score (nSPS) is 12.0. The molecule has 176 valence electrons. The van der Waals surface area contributed by atoms with Gasteiger partial charge in [-0.1, -0.05) is 117 Å². The molecule has 0 saturated heterocycles. The highest BCUT2D eigenvalue weighted by Crippen LogP contribution is 2.19. The third-order valence-corrected chi connectivity index (χ3v) is 9.71. The lowest BCUT2D eigenvalue weighted by molar-refractivity contribution is 0.107. The molecule has 0 radical (unpaired) electrons. The summed E-state index contributed by atoms with van der Waals surface area (Å²) in [4.78, 5) is 0. The first-order chi connectivity index (χ1) is 14.2. The maximum atomic E-state index is 6.25. The highest BCUT2D eigenvalue weighted by atomic mass is 28.4. The Morgan fingerprint density at radius 3 is 1.21 bits per heavy atom. The first kappa shape index (κ1) is 29.1. The van der Waals surface area contributed by atoms with E-state index >= 15 is 0 Å². The van der Waals surface area contributed by atoms with Crippen molar-refractivity contribution < 1.29 is 13.6 Å². The average Bonchev–Trinajstić information content (AvgIpc) is 2.75. The van der Waals surface area contributed by atoms with Gasteiger partial charge < -0.3 is 13.6 Å². The summed E-state index contributed by atoms with van der Waals surface area (Å²) in [5.74, 6) is 0. The lowest BCUT2D eigenvalue weighted by Crippen LogP contribution is -2.41. The molecule has 0 fully saturated rings. The van der Waals surface area contributed by atoms with Gasteiger partial charge in [0.15, 0.2) is 0 Å². The molecule has 0 aromatic carbocycles. The van der Waals surface area contributed by atoms with Crippen LogP contribution in [0.15, 0.2) is 0 Å². The molecule has 0 saturated carbocycles. The van der Waals surface area contributed by atoms with Crippen molar-refractivity contribution in [2.75, 3.05) is 26.9 Å². The molecule has 4 heteroatoms. The van der Waals surface area contributed by atoms with Crippen LogP contribution in [0.5, 0.6) is 0 Å². The minimum atomic E-state index is -1.97. The van der Waals surface area contributed by atoms with E-state index in [9.17, 15) is 0 Å². The number of rotatable bonds is 24. The third-order valence-electron chi connectivity index (χ3n) is 6.09. The molecule has 0 amide bonds. The predicted octanol–water partition coefficient (Wildman–Crippen LogP) is 8.41. The van der Waals surface area contributed by atoms with Crippen molar-refractivity contribution in [3.63, 3.8) is 0 Å². The van der Waals surface area contributed by atoms with Crippen LogP contribution in [0.3, 0.4) is 0 Å². The Hall–Kier alpha value is 0.0969. The van der Waals surface area contributed by atoms with Crippen molar-refractivity contribution >= 4 is 8.56 Å². The molecule has 3 nitrogen and oxygen atoms in total. The smallest absolute Gasteiger partial charge is 0.337 e. The van der Waals surface area contributed by atoms with Crippen LogP contribution in [0.2, 0.25) is 12.1 Å². The maximum absolute atomic E-state index is 6.25. The van der Waals surface area contributed by atoms with Crippen molar-refractivity contribution in [2.45, 2.75) is 136 Å². The van der Waals surface area contributed by atoms with E-state index in [-0.39, 0.29) is 0 Å². The number of hydrogen-bond acceptors (Lipinski definition) is 3. The fourth-order valence-electron chi connectivity index (χ4n) is 3.92. The molecule has 0 rings (SSSR count). The van der Waals surface area contributed by atoms with Gasteiger partial charge in [0.2, 0.25) is 0 Å². The van der Waals surface area contributed by atoms with Crippen LogP contribution in [-0.2, 0) is 13.6 Å². The van der Waals surface area contributed by atoms with Crippen molar-refractivity contribution in [1.29, 1.82) is 0 Å². The van der Waals surface area contributed by atoms with Crippen LogP contribution in [0.4, 0.5) is 0 Å². The Morgan fingerprint density at radius 1 is 0.448 bits per heavy atom. The average molecular weight is 431 g/mol. The molecular weight excluding hydrogens is 376 g/mol. The molecule has 29 heavy (non-hydrogen) atoms. The van der Waals surface area contributed by atoms with E-state index in [1.54, 1.807) is 7.11 Å². The van der Waals surface area contributed by atoms with E-state index in [0.717, 1.165) is 18.7 Å². The van der Waals surface area contributed by atoms with Gasteiger partial charge in [-0.25, -0.2) is 0 Å². The second-order valence-electron chi connectivity index (χ2n) is 8.61. The van der Waals surface area contributed by atoms with Crippen LogP contribution < -0.4 is 0 Å². The fraction of sp³-hybridized carbons (Fsp3) is 1.00. The van der Waals surface area contributed by atoms with Crippen molar-refractivity contribution in [3.05, 3.63) is 0 Å². The SMILES string of the molecule is CCCCCCCCCCCCCCCCCCO[Si](CC)(CC)OCCOC. The molecule has 0 heterocycles. The molecule has 0 bridgehead atoms. The van der Waals surface area contributed by atoms with Crippen LogP contribution in [0.1, 0.15) is 124 Å². The predicted molar refractivity (Wildman–Crippen MR) is 130 cm³/mol. The van der Waals surface area contributed by atoms with Crippen LogP contribution in [0, 0.1) is 0 Å². The molecule has 0 unspecified atom stereocenters. The van der Waals surface area contributed by atoms with E-state index in [1.165, 1.54) is 103 Å². The van der Waals surface area contributed by atoms with Crippen LogP contribution >= 0.6 is 0 Å². The van der Waals surface area contributed by atoms with Crippen LogP contribution in [-0.4, -0.2) is 35.5 Å². The zero-order valence-electron chi connectivity index (χ0n) is 20.6. The quantitative estimate of drug-likeness (QED) is 0.114. The number of unbranched alkanes of at least 4 members (excludes halogenated alkanes) is 15. The molecule has 0 aliphatic carbocycles.